The summed E-state index contributed by atoms with van der Waals surface area (Å²) in [5.41, 5.74) is 6.67. The van der Waals surface area contributed by atoms with Crippen LogP contribution in [0.1, 0.15) is 13.8 Å². The van der Waals surface area contributed by atoms with Crippen LogP contribution in [-0.4, -0.2) is 33.9 Å². The number of hydrogen-bond acceptors (Lipinski definition) is 5. The summed E-state index contributed by atoms with van der Waals surface area (Å²) in [6, 6.07) is 4.67. The average Bonchev–Trinajstić information content (AvgIpc) is 2.19. The van der Waals surface area contributed by atoms with Gasteiger partial charge in [-0.25, -0.2) is 8.42 Å². The standard InChI is InChI=1S/C12H20N2O3S/c1-12(2,8-17-3)14-11-6-5-9(7-10(11)13)18(4,15)16/h5-7,14H,8,13H2,1-4H3. The van der Waals surface area contributed by atoms with Gasteiger partial charge in [0, 0.05) is 13.4 Å². The third-order valence-corrected chi connectivity index (χ3v) is 3.54. The zero-order valence-corrected chi connectivity index (χ0v) is 12.0. The van der Waals surface area contributed by atoms with Gasteiger partial charge < -0.3 is 15.8 Å². The summed E-state index contributed by atoms with van der Waals surface area (Å²) in [4.78, 5) is 0.218. The molecule has 1 aromatic carbocycles. The van der Waals surface area contributed by atoms with E-state index in [4.69, 9.17) is 10.5 Å². The fourth-order valence-electron chi connectivity index (χ4n) is 1.65. The van der Waals surface area contributed by atoms with Crippen molar-refractivity contribution in [3.8, 4) is 0 Å². The number of nitrogens with two attached hydrogens (primary N) is 1. The first-order chi connectivity index (χ1) is 8.15. The Kier molecular flexibility index (Phi) is 4.24. The Morgan fingerprint density at radius 1 is 1.39 bits per heavy atom. The molecule has 18 heavy (non-hydrogen) atoms. The predicted octanol–water partition coefficient (Wildman–Crippen LogP) is 1.51. The molecule has 0 aromatic heterocycles. The minimum absolute atomic E-state index is 0.218. The molecule has 6 heteroatoms. The summed E-state index contributed by atoms with van der Waals surface area (Å²) in [5.74, 6) is 0. The third kappa shape index (κ3) is 3.89. The number of sulfone groups is 1. The lowest BCUT2D eigenvalue weighted by Crippen LogP contribution is -2.36. The molecule has 1 rings (SSSR count). The van der Waals surface area contributed by atoms with E-state index in [-0.39, 0.29) is 10.4 Å². The van der Waals surface area contributed by atoms with Gasteiger partial charge in [0.05, 0.1) is 28.4 Å². The molecule has 0 radical (unpaired) electrons. The molecule has 0 saturated carbocycles. The molecule has 0 fully saturated rings. The fourth-order valence-corrected chi connectivity index (χ4v) is 2.30. The second-order valence-electron chi connectivity index (χ2n) is 4.96. The second-order valence-corrected chi connectivity index (χ2v) is 6.98. The van der Waals surface area contributed by atoms with Crippen LogP contribution in [0, 0.1) is 0 Å². The molecular weight excluding hydrogens is 252 g/mol. The van der Waals surface area contributed by atoms with Crippen molar-refractivity contribution in [2.75, 3.05) is 31.0 Å². The first-order valence-corrected chi connectivity index (χ1v) is 7.41. The highest BCUT2D eigenvalue weighted by molar-refractivity contribution is 7.90. The second kappa shape index (κ2) is 5.16. The summed E-state index contributed by atoms with van der Waals surface area (Å²) in [6.07, 6.45) is 1.16. The summed E-state index contributed by atoms with van der Waals surface area (Å²) >= 11 is 0. The van der Waals surface area contributed by atoms with Gasteiger partial charge in [-0.15, -0.1) is 0 Å². The normalized spacial score (nSPS) is 12.4. The van der Waals surface area contributed by atoms with Crippen LogP contribution in [0.5, 0.6) is 0 Å². The van der Waals surface area contributed by atoms with E-state index in [0.717, 1.165) is 6.26 Å². The minimum atomic E-state index is -3.23. The molecule has 5 nitrogen and oxygen atoms in total. The number of ether oxygens (including phenoxy) is 1. The highest BCUT2D eigenvalue weighted by Gasteiger charge is 2.19. The lowest BCUT2D eigenvalue weighted by Gasteiger charge is -2.27. The van der Waals surface area contributed by atoms with E-state index in [0.29, 0.717) is 18.0 Å². The topological polar surface area (TPSA) is 81.4 Å². The van der Waals surface area contributed by atoms with Crippen LogP contribution in [0.3, 0.4) is 0 Å². The van der Waals surface area contributed by atoms with Gasteiger partial charge in [-0.3, -0.25) is 0 Å². The Labute approximate surface area is 108 Å². The van der Waals surface area contributed by atoms with E-state index in [1.165, 1.54) is 12.1 Å². The number of benzene rings is 1. The van der Waals surface area contributed by atoms with Gasteiger partial charge in [0.1, 0.15) is 0 Å². The maximum atomic E-state index is 11.4. The van der Waals surface area contributed by atoms with E-state index in [1.54, 1.807) is 13.2 Å². The molecule has 3 N–H and O–H groups in total. The number of nitrogens with one attached hydrogen (secondary N) is 1. The van der Waals surface area contributed by atoms with Crippen molar-refractivity contribution in [3.63, 3.8) is 0 Å². The van der Waals surface area contributed by atoms with Gasteiger partial charge in [-0.2, -0.15) is 0 Å². The Hall–Kier alpha value is -1.27. The summed E-state index contributed by atoms with van der Waals surface area (Å²) in [7, 11) is -1.60. The van der Waals surface area contributed by atoms with Crippen LogP contribution in [0.2, 0.25) is 0 Å². The van der Waals surface area contributed by atoms with Gasteiger partial charge in [0.25, 0.3) is 0 Å². The Morgan fingerprint density at radius 2 is 2.00 bits per heavy atom. The van der Waals surface area contributed by atoms with E-state index in [2.05, 4.69) is 5.32 Å². The van der Waals surface area contributed by atoms with E-state index >= 15 is 0 Å². The summed E-state index contributed by atoms with van der Waals surface area (Å²) in [5, 5.41) is 3.22. The number of hydrogen-bond donors (Lipinski definition) is 2. The van der Waals surface area contributed by atoms with E-state index < -0.39 is 9.84 Å². The van der Waals surface area contributed by atoms with Crippen molar-refractivity contribution in [1.82, 2.24) is 0 Å². The van der Waals surface area contributed by atoms with Gasteiger partial charge in [0.2, 0.25) is 0 Å². The third-order valence-electron chi connectivity index (χ3n) is 2.43. The minimum Gasteiger partial charge on any atom is -0.397 e. The highest BCUT2D eigenvalue weighted by Crippen LogP contribution is 2.25. The predicted molar refractivity (Wildman–Crippen MR) is 73.5 cm³/mol. The maximum absolute atomic E-state index is 11.4. The molecule has 102 valence electrons. The molecule has 0 amide bonds. The molecule has 0 aliphatic heterocycles. The highest BCUT2D eigenvalue weighted by atomic mass is 32.2. The van der Waals surface area contributed by atoms with Crippen molar-refractivity contribution >= 4 is 21.2 Å². The number of nitrogen functional groups attached to an aromatic ring is 1. The fraction of sp³-hybridized carbons (Fsp3) is 0.500. The molecule has 0 spiro atoms. The molecular formula is C12H20N2O3S. The van der Waals surface area contributed by atoms with Gasteiger partial charge >= 0.3 is 0 Å². The molecule has 0 saturated heterocycles. The van der Waals surface area contributed by atoms with Gasteiger partial charge in [-0.1, -0.05) is 0 Å². The number of methoxy groups -OCH3 is 1. The first kappa shape index (κ1) is 14.8. The van der Waals surface area contributed by atoms with Crippen LogP contribution in [0.25, 0.3) is 0 Å². The molecule has 0 aliphatic carbocycles. The smallest absolute Gasteiger partial charge is 0.175 e. The molecule has 0 aliphatic rings. The van der Waals surface area contributed by atoms with Crippen molar-refractivity contribution in [2.24, 2.45) is 0 Å². The zero-order chi connectivity index (χ0) is 14.0. The molecule has 0 unspecified atom stereocenters. The number of anilines is 2. The quantitative estimate of drug-likeness (QED) is 0.794. The van der Waals surface area contributed by atoms with Crippen molar-refractivity contribution in [3.05, 3.63) is 18.2 Å². The lowest BCUT2D eigenvalue weighted by atomic mass is 10.1. The van der Waals surface area contributed by atoms with Crippen LogP contribution >= 0.6 is 0 Å². The summed E-state index contributed by atoms with van der Waals surface area (Å²) in [6.45, 7) is 4.46. The van der Waals surface area contributed by atoms with E-state index in [9.17, 15) is 8.42 Å². The SMILES string of the molecule is COCC(C)(C)Nc1ccc(S(C)(=O)=O)cc1N. The van der Waals surface area contributed by atoms with E-state index in [1.807, 2.05) is 13.8 Å². The van der Waals surface area contributed by atoms with Crippen LogP contribution in [0.4, 0.5) is 11.4 Å². The van der Waals surface area contributed by atoms with Crippen LogP contribution < -0.4 is 11.1 Å². The summed E-state index contributed by atoms with van der Waals surface area (Å²) < 4.78 is 27.9. The van der Waals surface area contributed by atoms with Crippen molar-refractivity contribution in [2.45, 2.75) is 24.3 Å². The first-order valence-electron chi connectivity index (χ1n) is 5.52. The molecule has 0 bridgehead atoms. The zero-order valence-electron chi connectivity index (χ0n) is 11.1. The lowest BCUT2D eigenvalue weighted by molar-refractivity contribution is 0.158. The number of rotatable bonds is 5. The average molecular weight is 272 g/mol. The van der Waals surface area contributed by atoms with Crippen LogP contribution in [0.15, 0.2) is 23.1 Å². The maximum Gasteiger partial charge on any atom is 0.175 e. The van der Waals surface area contributed by atoms with Gasteiger partial charge in [-0.05, 0) is 32.0 Å². The monoisotopic (exact) mass is 272 g/mol. The Bertz CT molecular complexity index is 524. The largest absolute Gasteiger partial charge is 0.397 e. The van der Waals surface area contributed by atoms with Crippen LogP contribution in [-0.2, 0) is 14.6 Å². The Balaban J connectivity index is 3.00. The van der Waals surface area contributed by atoms with Crippen molar-refractivity contribution in [1.29, 1.82) is 0 Å². The van der Waals surface area contributed by atoms with Gasteiger partial charge in [0.15, 0.2) is 9.84 Å². The Morgan fingerprint density at radius 3 is 2.44 bits per heavy atom. The van der Waals surface area contributed by atoms with Crippen molar-refractivity contribution < 1.29 is 13.2 Å². The molecule has 0 atom stereocenters. The molecule has 1 aromatic rings. The molecule has 0 heterocycles.